The van der Waals surface area contributed by atoms with E-state index < -0.39 is 5.91 Å². The van der Waals surface area contributed by atoms with Gasteiger partial charge in [0, 0.05) is 10.2 Å². The van der Waals surface area contributed by atoms with Gasteiger partial charge in [-0.3, -0.25) is 4.79 Å². The molecule has 0 saturated heterocycles. The van der Waals surface area contributed by atoms with Crippen molar-refractivity contribution in [3.8, 4) is 6.07 Å². The molecule has 5 heteroatoms. The van der Waals surface area contributed by atoms with Crippen LogP contribution in [0.4, 0.5) is 10.1 Å². The van der Waals surface area contributed by atoms with E-state index in [0.29, 0.717) is 11.3 Å². The van der Waals surface area contributed by atoms with E-state index in [9.17, 15) is 9.18 Å². The number of hydrogen-bond acceptors (Lipinski definition) is 2. The zero-order chi connectivity index (χ0) is 15.2. The summed E-state index contributed by atoms with van der Waals surface area (Å²) in [5.41, 5.74) is 1.11. The number of hydrogen-bond donors (Lipinski definition) is 1. The largest absolute Gasteiger partial charge is 0.321 e. The van der Waals surface area contributed by atoms with E-state index >= 15 is 0 Å². The van der Waals surface area contributed by atoms with Gasteiger partial charge in [-0.05, 0) is 42.0 Å². The lowest BCUT2D eigenvalue weighted by Gasteiger charge is -2.04. The second-order valence-electron chi connectivity index (χ2n) is 4.19. The van der Waals surface area contributed by atoms with Crippen LogP contribution in [0.3, 0.4) is 0 Å². The van der Waals surface area contributed by atoms with Crippen LogP contribution in [-0.4, -0.2) is 5.91 Å². The van der Waals surface area contributed by atoms with Crippen molar-refractivity contribution in [2.75, 3.05) is 5.32 Å². The van der Waals surface area contributed by atoms with E-state index in [1.165, 1.54) is 30.3 Å². The fourth-order valence-electron chi connectivity index (χ4n) is 1.64. The van der Waals surface area contributed by atoms with Gasteiger partial charge >= 0.3 is 0 Å². The van der Waals surface area contributed by atoms with Gasteiger partial charge < -0.3 is 5.32 Å². The molecule has 2 aromatic carbocycles. The Morgan fingerprint density at radius 3 is 2.57 bits per heavy atom. The Kier molecular flexibility index (Phi) is 4.85. The number of carbonyl (C=O) groups excluding carboxylic acids is 1. The second-order valence-corrected chi connectivity index (χ2v) is 5.10. The summed E-state index contributed by atoms with van der Waals surface area (Å²) in [5.74, 6) is -0.885. The number of amides is 1. The maximum atomic E-state index is 12.8. The third kappa shape index (κ3) is 4.26. The van der Waals surface area contributed by atoms with Crippen LogP contribution in [0.5, 0.6) is 0 Å². The molecule has 104 valence electrons. The SMILES string of the molecule is N#C/C(=C/c1ccc(F)cc1)C(=O)Nc1cccc(Br)c1. The van der Waals surface area contributed by atoms with Crippen LogP contribution in [-0.2, 0) is 4.79 Å². The number of nitrogens with one attached hydrogen (secondary N) is 1. The highest BCUT2D eigenvalue weighted by atomic mass is 79.9. The molecule has 0 bridgehead atoms. The fourth-order valence-corrected chi connectivity index (χ4v) is 2.04. The quantitative estimate of drug-likeness (QED) is 0.672. The van der Waals surface area contributed by atoms with Crippen molar-refractivity contribution in [1.82, 2.24) is 0 Å². The summed E-state index contributed by atoms with van der Waals surface area (Å²) in [7, 11) is 0. The minimum Gasteiger partial charge on any atom is -0.321 e. The second kappa shape index (κ2) is 6.82. The summed E-state index contributed by atoms with van der Waals surface area (Å²) in [6.07, 6.45) is 1.41. The molecule has 1 N–H and O–H groups in total. The molecule has 21 heavy (non-hydrogen) atoms. The third-order valence-electron chi connectivity index (χ3n) is 2.63. The standard InChI is InChI=1S/C16H10BrFN2O/c17-13-2-1-3-15(9-13)20-16(21)12(10-19)8-11-4-6-14(18)7-5-11/h1-9H,(H,20,21)/b12-8-. The normalized spacial score (nSPS) is 10.8. The van der Waals surface area contributed by atoms with E-state index in [0.717, 1.165) is 4.47 Å². The Morgan fingerprint density at radius 1 is 1.24 bits per heavy atom. The average Bonchev–Trinajstić information content (AvgIpc) is 2.46. The first-order valence-electron chi connectivity index (χ1n) is 6.03. The maximum Gasteiger partial charge on any atom is 0.266 e. The van der Waals surface area contributed by atoms with Crippen LogP contribution >= 0.6 is 15.9 Å². The molecule has 2 rings (SSSR count). The first-order chi connectivity index (χ1) is 10.1. The molecule has 0 aliphatic carbocycles. The van der Waals surface area contributed by atoms with Crippen molar-refractivity contribution in [3.63, 3.8) is 0 Å². The van der Waals surface area contributed by atoms with E-state index in [4.69, 9.17) is 5.26 Å². The summed E-state index contributed by atoms with van der Waals surface area (Å²) in [5, 5.41) is 11.7. The highest BCUT2D eigenvalue weighted by molar-refractivity contribution is 9.10. The molecule has 0 unspecified atom stereocenters. The highest BCUT2D eigenvalue weighted by Crippen LogP contribution is 2.17. The van der Waals surface area contributed by atoms with Gasteiger partial charge in [0.05, 0.1) is 0 Å². The molecule has 0 aromatic heterocycles. The molecule has 0 spiro atoms. The first kappa shape index (κ1) is 14.9. The van der Waals surface area contributed by atoms with Gasteiger partial charge in [0.15, 0.2) is 0 Å². The molecule has 0 fully saturated rings. The van der Waals surface area contributed by atoms with Crippen molar-refractivity contribution >= 4 is 33.6 Å². The molecule has 0 aliphatic rings. The zero-order valence-electron chi connectivity index (χ0n) is 10.8. The van der Waals surface area contributed by atoms with Crippen LogP contribution < -0.4 is 5.32 Å². The summed E-state index contributed by atoms with van der Waals surface area (Å²) in [6, 6.07) is 14.4. The molecule has 0 radical (unpaired) electrons. The minimum atomic E-state index is -0.514. The Balaban J connectivity index is 2.19. The molecule has 3 nitrogen and oxygen atoms in total. The average molecular weight is 345 g/mol. The van der Waals surface area contributed by atoms with Crippen molar-refractivity contribution in [2.45, 2.75) is 0 Å². The number of carbonyl (C=O) groups is 1. The number of anilines is 1. The molecule has 0 heterocycles. The van der Waals surface area contributed by atoms with Gasteiger partial charge in [0.25, 0.3) is 5.91 Å². The van der Waals surface area contributed by atoms with E-state index in [2.05, 4.69) is 21.2 Å². The number of benzene rings is 2. The van der Waals surface area contributed by atoms with Crippen molar-refractivity contribution in [3.05, 3.63) is 70.0 Å². The Morgan fingerprint density at radius 2 is 1.95 bits per heavy atom. The van der Waals surface area contributed by atoms with E-state index in [1.54, 1.807) is 18.2 Å². The predicted octanol–water partition coefficient (Wildman–Crippen LogP) is 4.13. The van der Waals surface area contributed by atoms with Crippen molar-refractivity contribution < 1.29 is 9.18 Å². The molecular formula is C16H10BrFN2O. The van der Waals surface area contributed by atoms with Gasteiger partial charge in [-0.1, -0.05) is 34.1 Å². The van der Waals surface area contributed by atoms with Gasteiger partial charge in [-0.15, -0.1) is 0 Å². The lowest BCUT2D eigenvalue weighted by atomic mass is 10.1. The van der Waals surface area contributed by atoms with Gasteiger partial charge in [0.1, 0.15) is 17.5 Å². The smallest absolute Gasteiger partial charge is 0.266 e. The lowest BCUT2D eigenvalue weighted by Crippen LogP contribution is -2.13. The van der Waals surface area contributed by atoms with Gasteiger partial charge in [0.2, 0.25) is 0 Å². The van der Waals surface area contributed by atoms with Crippen LogP contribution in [0.1, 0.15) is 5.56 Å². The fraction of sp³-hybridized carbons (Fsp3) is 0. The monoisotopic (exact) mass is 344 g/mol. The Bertz CT molecular complexity index is 733. The Hall–Kier alpha value is -2.45. The van der Waals surface area contributed by atoms with E-state index in [-0.39, 0.29) is 11.4 Å². The first-order valence-corrected chi connectivity index (χ1v) is 6.82. The minimum absolute atomic E-state index is 0.0541. The Labute approximate surface area is 129 Å². The molecule has 0 aliphatic heterocycles. The lowest BCUT2D eigenvalue weighted by molar-refractivity contribution is -0.112. The van der Waals surface area contributed by atoms with E-state index in [1.807, 2.05) is 12.1 Å². The van der Waals surface area contributed by atoms with Crippen LogP contribution in [0.2, 0.25) is 0 Å². The molecule has 1 amide bonds. The molecule has 0 saturated carbocycles. The number of nitrogens with zero attached hydrogens (tertiary/aromatic N) is 1. The van der Waals surface area contributed by atoms with Gasteiger partial charge in [-0.25, -0.2) is 4.39 Å². The predicted molar refractivity (Wildman–Crippen MR) is 82.8 cm³/mol. The molecule has 2 aromatic rings. The number of halogens is 2. The zero-order valence-corrected chi connectivity index (χ0v) is 12.4. The van der Waals surface area contributed by atoms with Gasteiger partial charge in [-0.2, -0.15) is 5.26 Å². The molecule has 0 atom stereocenters. The summed E-state index contributed by atoms with van der Waals surface area (Å²) in [4.78, 5) is 12.0. The third-order valence-corrected chi connectivity index (χ3v) is 3.12. The van der Waals surface area contributed by atoms with Crippen molar-refractivity contribution in [1.29, 1.82) is 5.26 Å². The highest BCUT2D eigenvalue weighted by Gasteiger charge is 2.09. The number of rotatable bonds is 3. The molecular weight excluding hydrogens is 335 g/mol. The maximum absolute atomic E-state index is 12.8. The van der Waals surface area contributed by atoms with Crippen molar-refractivity contribution in [2.24, 2.45) is 0 Å². The van der Waals surface area contributed by atoms with Crippen LogP contribution in [0, 0.1) is 17.1 Å². The topological polar surface area (TPSA) is 52.9 Å². The van der Waals surface area contributed by atoms with Crippen LogP contribution in [0.25, 0.3) is 6.08 Å². The summed E-state index contributed by atoms with van der Waals surface area (Å²) in [6.45, 7) is 0. The number of nitriles is 1. The van der Waals surface area contributed by atoms with Crippen LogP contribution in [0.15, 0.2) is 58.6 Å². The summed E-state index contributed by atoms with van der Waals surface area (Å²) < 4.78 is 13.6. The summed E-state index contributed by atoms with van der Waals surface area (Å²) >= 11 is 3.30.